The molecule has 0 N–H and O–H groups in total. The van der Waals surface area contributed by atoms with Crippen molar-refractivity contribution in [2.24, 2.45) is 0 Å². The first-order valence-electron chi connectivity index (χ1n) is 3.91. The fraction of sp³-hybridized carbons (Fsp3) is 0.500. The van der Waals surface area contributed by atoms with E-state index in [1.54, 1.807) is 12.4 Å². The number of hydrogen-bond donors (Lipinski definition) is 0. The van der Waals surface area contributed by atoms with Crippen LogP contribution < -0.4 is 0 Å². The van der Waals surface area contributed by atoms with E-state index in [-0.39, 0.29) is 5.91 Å². The molecule has 0 spiro atoms. The third kappa shape index (κ3) is 2.66. The highest BCUT2D eigenvalue weighted by Gasteiger charge is 2.01. The molecule has 66 valence electrons. The quantitative estimate of drug-likeness (QED) is 0.532. The number of carbonyl (C=O) groups is 1. The van der Waals surface area contributed by atoms with Crippen LogP contribution in [0, 0.1) is 0 Å². The van der Waals surface area contributed by atoms with Gasteiger partial charge >= 0.3 is 0 Å². The number of carbonyl (C=O) groups excluding carboxylic acids is 1. The Morgan fingerprint density at radius 3 is 2.92 bits per heavy atom. The Bertz CT molecular complexity index is 233. The summed E-state index contributed by atoms with van der Waals surface area (Å²) >= 11 is 5.48. The van der Waals surface area contributed by atoms with Gasteiger partial charge in [-0.2, -0.15) is 0 Å². The summed E-state index contributed by atoms with van der Waals surface area (Å²) in [5.74, 6) is 0.703. The van der Waals surface area contributed by atoms with Gasteiger partial charge in [0, 0.05) is 24.7 Å². The van der Waals surface area contributed by atoms with Gasteiger partial charge in [-0.25, -0.2) is 4.98 Å². The second-order valence-electron chi connectivity index (χ2n) is 2.51. The SMILES string of the molecule is O=C(CCCCCl)n1ccnc1. The molecule has 0 unspecified atom stereocenters. The molecule has 0 saturated carbocycles. The Labute approximate surface area is 76.4 Å². The molecule has 0 bridgehead atoms. The van der Waals surface area contributed by atoms with Gasteiger partial charge in [-0.15, -0.1) is 11.6 Å². The molecular formula is C8H11ClN2O. The predicted molar refractivity (Wildman–Crippen MR) is 47.4 cm³/mol. The van der Waals surface area contributed by atoms with Crippen LogP contribution >= 0.6 is 11.6 Å². The van der Waals surface area contributed by atoms with Crippen molar-refractivity contribution in [2.45, 2.75) is 19.3 Å². The van der Waals surface area contributed by atoms with Gasteiger partial charge in [-0.1, -0.05) is 0 Å². The zero-order chi connectivity index (χ0) is 8.81. The summed E-state index contributed by atoms with van der Waals surface area (Å²) in [5.41, 5.74) is 0. The highest BCUT2D eigenvalue weighted by atomic mass is 35.5. The minimum atomic E-state index is 0.0811. The standard InChI is InChI=1S/C8H11ClN2O/c9-4-2-1-3-8(12)11-6-5-10-7-11/h5-7H,1-4H2. The second kappa shape index (κ2) is 4.93. The first-order chi connectivity index (χ1) is 5.84. The zero-order valence-electron chi connectivity index (χ0n) is 6.74. The number of halogens is 1. The van der Waals surface area contributed by atoms with Crippen molar-refractivity contribution in [2.75, 3.05) is 5.88 Å². The molecule has 4 heteroatoms. The summed E-state index contributed by atoms with van der Waals surface area (Å²) in [7, 11) is 0. The van der Waals surface area contributed by atoms with E-state index < -0.39 is 0 Å². The molecule has 1 aromatic rings. The number of aromatic nitrogens is 2. The third-order valence-electron chi connectivity index (χ3n) is 1.57. The van der Waals surface area contributed by atoms with Crippen LogP contribution in [0.4, 0.5) is 0 Å². The van der Waals surface area contributed by atoms with Crippen molar-refractivity contribution in [3.8, 4) is 0 Å². The van der Waals surface area contributed by atoms with Crippen LogP contribution in [0.25, 0.3) is 0 Å². The number of hydrogen-bond acceptors (Lipinski definition) is 2. The summed E-state index contributed by atoms with van der Waals surface area (Å²) < 4.78 is 1.49. The number of unbranched alkanes of at least 4 members (excludes halogenated alkanes) is 1. The van der Waals surface area contributed by atoms with E-state index in [0.29, 0.717) is 12.3 Å². The zero-order valence-corrected chi connectivity index (χ0v) is 7.50. The molecule has 3 nitrogen and oxygen atoms in total. The highest BCUT2D eigenvalue weighted by Crippen LogP contribution is 2.00. The largest absolute Gasteiger partial charge is 0.276 e. The molecule has 0 atom stereocenters. The normalized spacial score (nSPS) is 10.1. The highest BCUT2D eigenvalue weighted by molar-refractivity contribution is 6.17. The maximum Gasteiger partial charge on any atom is 0.231 e. The van der Waals surface area contributed by atoms with Crippen LogP contribution in [0.15, 0.2) is 18.7 Å². The van der Waals surface area contributed by atoms with Crippen LogP contribution in [0.2, 0.25) is 0 Å². The summed E-state index contributed by atoms with van der Waals surface area (Å²) in [6.45, 7) is 0. The predicted octanol–water partition coefficient (Wildman–Crippen LogP) is 1.93. The van der Waals surface area contributed by atoms with Crippen LogP contribution in [0.3, 0.4) is 0 Å². The molecule has 0 radical (unpaired) electrons. The van der Waals surface area contributed by atoms with Crippen molar-refractivity contribution in [3.63, 3.8) is 0 Å². The van der Waals surface area contributed by atoms with E-state index in [4.69, 9.17) is 11.6 Å². The molecule has 1 aromatic heterocycles. The van der Waals surface area contributed by atoms with Gasteiger partial charge in [0.15, 0.2) is 0 Å². The van der Waals surface area contributed by atoms with E-state index in [2.05, 4.69) is 4.98 Å². The van der Waals surface area contributed by atoms with E-state index in [1.807, 2.05) is 0 Å². The van der Waals surface area contributed by atoms with E-state index >= 15 is 0 Å². The maximum atomic E-state index is 11.3. The lowest BCUT2D eigenvalue weighted by molar-refractivity contribution is 0.0899. The number of imidazole rings is 1. The van der Waals surface area contributed by atoms with Gasteiger partial charge in [0.2, 0.25) is 5.91 Å². The molecule has 0 amide bonds. The Hall–Kier alpha value is -0.830. The van der Waals surface area contributed by atoms with Crippen molar-refractivity contribution < 1.29 is 4.79 Å². The molecule has 0 aliphatic rings. The lowest BCUT2D eigenvalue weighted by Crippen LogP contribution is -2.07. The average molecular weight is 187 g/mol. The van der Waals surface area contributed by atoms with Gasteiger partial charge in [-0.05, 0) is 12.8 Å². The number of nitrogens with zero attached hydrogens (tertiary/aromatic N) is 2. The van der Waals surface area contributed by atoms with Crippen molar-refractivity contribution in [1.29, 1.82) is 0 Å². The topological polar surface area (TPSA) is 34.9 Å². The van der Waals surface area contributed by atoms with Crippen LogP contribution in [0.5, 0.6) is 0 Å². The molecule has 1 rings (SSSR count). The van der Waals surface area contributed by atoms with E-state index in [0.717, 1.165) is 12.8 Å². The van der Waals surface area contributed by atoms with Crippen molar-refractivity contribution >= 4 is 17.5 Å². The molecule has 0 aromatic carbocycles. The summed E-state index contributed by atoms with van der Waals surface area (Å²) in [6, 6.07) is 0. The van der Waals surface area contributed by atoms with E-state index in [9.17, 15) is 4.79 Å². The fourth-order valence-corrected chi connectivity index (χ4v) is 1.10. The Morgan fingerprint density at radius 1 is 1.50 bits per heavy atom. The Kier molecular flexibility index (Phi) is 3.80. The molecule has 0 aliphatic carbocycles. The van der Waals surface area contributed by atoms with Gasteiger partial charge in [0.25, 0.3) is 0 Å². The van der Waals surface area contributed by atoms with Gasteiger partial charge in [0.05, 0.1) is 0 Å². The monoisotopic (exact) mass is 186 g/mol. The first-order valence-corrected chi connectivity index (χ1v) is 4.45. The third-order valence-corrected chi connectivity index (χ3v) is 1.83. The molecule has 12 heavy (non-hydrogen) atoms. The van der Waals surface area contributed by atoms with Gasteiger partial charge < -0.3 is 0 Å². The lowest BCUT2D eigenvalue weighted by atomic mass is 10.2. The van der Waals surface area contributed by atoms with Crippen LogP contribution in [-0.4, -0.2) is 21.3 Å². The van der Waals surface area contributed by atoms with E-state index in [1.165, 1.54) is 10.9 Å². The molecular weight excluding hydrogens is 176 g/mol. The molecule has 1 heterocycles. The van der Waals surface area contributed by atoms with Crippen LogP contribution in [-0.2, 0) is 0 Å². The molecule has 0 aliphatic heterocycles. The van der Waals surface area contributed by atoms with Gasteiger partial charge in [0.1, 0.15) is 6.33 Å². The summed E-state index contributed by atoms with van der Waals surface area (Å²) in [6.07, 6.45) is 7.05. The minimum Gasteiger partial charge on any atom is -0.276 e. The van der Waals surface area contributed by atoms with Crippen LogP contribution in [0.1, 0.15) is 24.1 Å². The van der Waals surface area contributed by atoms with Crippen molar-refractivity contribution in [1.82, 2.24) is 9.55 Å². The Morgan fingerprint density at radius 2 is 2.33 bits per heavy atom. The average Bonchev–Trinajstić information content (AvgIpc) is 2.56. The number of alkyl halides is 1. The summed E-state index contributed by atoms with van der Waals surface area (Å²) in [4.78, 5) is 15.0. The molecule has 0 fully saturated rings. The Balaban J connectivity index is 2.30. The fourth-order valence-electron chi connectivity index (χ4n) is 0.906. The maximum absolute atomic E-state index is 11.3. The second-order valence-corrected chi connectivity index (χ2v) is 2.89. The lowest BCUT2D eigenvalue weighted by Gasteiger charge is -1.98. The number of rotatable bonds is 4. The smallest absolute Gasteiger partial charge is 0.231 e. The molecule has 0 saturated heterocycles. The van der Waals surface area contributed by atoms with Crippen molar-refractivity contribution in [3.05, 3.63) is 18.7 Å². The first kappa shape index (κ1) is 9.26. The summed E-state index contributed by atoms with van der Waals surface area (Å²) in [5, 5.41) is 0. The minimum absolute atomic E-state index is 0.0811. The van der Waals surface area contributed by atoms with Gasteiger partial charge in [-0.3, -0.25) is 9.36 Å².